The molecular formula is C15H18N2O3. The molecule has 1 N–H and O–H groups in total. The van der Waals surface area contributed by atoms with Crippen LogP contribution in [0.3, 0.4) is 0 Å². The number of aliphatic hydroxyl groups excluding tert-OH is 1. The zero-order chi connectivity index (χ0) is 14.2. The van der Waals surface area contributed by atoms with Crippen molar-refractivity contribution < 1.29 is 9.84 Å². The van der Waals surface area contributed by atoms with Gasteiger partial charge in [-0.3, -0.25) is 9.36 Å². The van der Waals surface area contributed by atoms with E-state index in [1.807, 2.05) is 25.1 Å². The van der Waals surface area contributed by atoms with Crippen molar-refractivity contribution in [2.24, 2.45) is 0 Å². The first-order valence-corrected chi connectivity index (χ1v) is 6.90. The molecule has 1 aliphatic rings. The average molecular weight is 274 g/mol. The van der Waals surface area contributed by atoms with Gasteiger partial charge in [0.2, 0.25) is 0 Å². The van der Waals surface area contributed by atoms with Crippen LogP contribution < -0.4 is 5.56 Å². The van der Waals surface area contributed by atoms with Crippen molar-refractivity contribution in [1.29, 1.82) is 0 Å². The van der Waals surface area contributed by atoms with E-state index in [0.29, 0.717) is 42.9 Å². The number of benzene rings is 1. The minimum atomic E-state index is -0.556. The lowest BCUT2D eigenvalue weighted by Gasteiger charge is -2.25. The Morgan fingerprint density at radius 1 is 1.45 bits per heavy atom. The summed E-state index contributed by atoms with van der Waals surface area (Å²) in [5, 5.41) is 10.4. The molecule has 0 radical (unpaired) electrons. The van der Waals surface area contributed by atoms with Crippen molar-refractivity contribution in [3.8, 4) is 0 Å². The SMILES string of the molecule is CCOCC1(CO)CCn2c1nc1ccccc1c2=O. The Morgan fingerprint density at radius 2 is 2.25 bits per heavy atom. The second-order valence-corrected chi connectivity index (χ2v) is 5.23. The highest BCUT2D eigenvalue weighted by Crippen LogP contribution is 2.33. The fourth-order valence-corrected chi connectivity index (χ4v) is 2.85. The molecule has 0 saturated carbocycles. The second kappa shape index (κ2) is 5.00. The third kappa shape index (κ3) is 1.85. The minimum absolute atomic E-state index is 0.0302. The minimum Gasteiger partial charge on any atom is -0.395 e. The first-order chi connectivity index (χ1) is 9.72. The summed E-state index contributed by atoms with van der Waals surface area (Å²) < 4.78 is 7.18. The summed E-state index contributed by atoms with van der Waals surface area (Å²) in [6, 6.07) is 7.33. The fraction of sp³-hybridized carbons (Fsp3) is 0.467. The number of ether oxygens (including phenoxy) is 1. The third-order valence-electron chi connectivity index (χ3n) is 4.04. The van der Waals surface area contributed by atoms with Gasteiger partial charge in [0.1, 0.15) is 5.82 Å². The molecule has 1 unspecified atom stereocenters. The number of rotatable bonds is 4. The van der Waals surface area contributed by atoms with E-state index in [0.717, 1.165) is 0 Å². The Hall–Kier alpha value is -1.72. The molecule has 0 fully saturated rings. The van der Waals surface area contributed by atoms with Crippen molar-refractivity contribution in [1.82, 2.24) is 9.55 Å². The molecule has 1 atom stereocenters. The highest BCUT2D eigenvalue weighted by molar-refractivity contribution is 5.77. The van der Waals surface area contributed by atoms with Gasteiger partial charge in [0.15, 0.2) is 0 Å². The molecule has 20 heavy (non-hydrogen) atoms. The first kappa shape index (κ1) is 13.3. The Bertz CT molecular complexity index is 695. The van der Waals surface area contributed by atoms with Gasteiger partial charge in [-0.15, -0.1) is 0 Å². The summed E-state index contributed by atoms with van der Waals surface area (Å²) in [4.78, 5) is 17.1. The first-order valence-electron chi connectivity index (χ1n) is 6.90. The van der Waals surface area contributed by atoms with Crippen molar-refractivity contribution in [2.75, 3.05) is 19.8 Å². The summed E-state index contributed by atoms with van der Waals surface area (Å²) in [7, 11) is 0. The van der Waals surface area contributed by atoms with Crippen molar-refractivity contribution >= 4 is 10.9 Å². The Labute approximate surface area is 116 Å². The molecule has 0 amide bonds. The standard InChI is InChI=1S/C15H18N2O3/c1-2-20-10-15(9-18)7-8-17-13(19)11-5-3-4-6-12(11)16-14(15)17/h3-6,18H,2,7-10H2,1H3. The van der Waals surface area contributed by atoms with E-state index in [-0.39, 0.29) is 12.2 Å². The molecule has 2 aromatic rings. The normalized spacial score (nSPS) is 21.3. The number of para-hydroxylation sites is 1. The van der Waals surface area contributed by atoms with E-state index in [1.54, 1.807) is 10.6 Å². The largest absolute Gasteiger partial charge is 0.395 e. The number of aromatic nitrogens is 2. The number of nitrogens with zero attached hydrogens (tertiary/aromatic N) is 2. The molecule has 106 valence electrons. The summed E-state index contributed by atoms with van der Waals surface area (Å²) in [6.45, 7) is 3.42. The van der Waals surface area contributed by atoms with Gasteiger partial charge in [0.25, 0.3) is 5.56 Å². The maximum atomic E-state index is 12.5. The van der Waals surface area contributed by atoms with Crippen LogP contribution in [0.2, 0.25) is 0 Å². The second-order valence-electron chi connectivity index (χ2n) is 5.23. The van der Waals surface area contributed by atoms with Crippen molar-refractivity contribution in [2.45, 2.75) is 25.3 Å². The van der Waals surface area contributed by atoms with Gasteiger partial charge in [0.05, 0.1) is 29.5 Å². The molecule has 1 aromatic carbocycles. The lowest BCUT2D eigenvalue weighted by molar-refractivity contribution is 0.0563. The molecule has 5 heteroatoms. The van der Waals surface area contributed by atoms with Crippen molar-refractivity contribution in [3.63, 3.8) is 0 Å². The predicted molar refractivity (Wildman–Crippen MR) is 75.9 cm³/mol. The van der Waals surface area contributed by atoms with Crippen LogP contribution in [0.5, 0.6) is 0 Å². The molecular weight excluding hydrogens is 256 g/mol. The Kier molecular flexibility index (Phi) is 3.31. The maximum absolute atomic E-state index is 12.5. The van der Waals surface area contributed by atoms with E-state index in [9.17, 15) is 9.90 Å². The monoisotopic (exact) mass is 274 g/mol. The van der Waals surface area contributed by atoms with Gasteiger partial charge >= 0.3 is 0 Å². The van der Waals surface area contributed by atoms with E-state index in [2.05, 4.69) is 4.98 Å². The molecule has 3 rings (SSSR count). The van der Waals surface area contributed by atoms with Crippen molar-refractivity contribution in [3.05, 3.63) is 40.4 Å². The molecule has 0 aliphatic carbocycles. The number of hydrogen-bond donors (Lipinski definition) is 1. The molecule has 0 bridgehead atoms. The van der Waals surface area contributed by atoms with Gasteiger partial charge in [0, 0.05) is 13.2 Å². The fourth-order valence-electron chi connectivity index (χ4n) is 2.85. The van der Waals surface area contributed by atoms with Gasteiger partial charge < -0.3 is 9.84 Å². The molecule has 2 heterocycles. The summed E-state index contributed by atoms with van der Waals surface area (Å²) in [5.74, 6) is 0.650. The van der Waals surface area contributed by atoms with Crippen LogP contribution in [0.1, 0.15) is 19.2 Å². The van der Waals surface area contributed by atoms with Crippen LogP contribution in [0.15, 0.2) is 29.1 Å². The van der Waals surface area contributed by atoms with Crippen LogP contribution in [-0.4, -0.2) is 34.5 Å². The molecule has 0 saturated heterocycles. The molecule has 5 nitrogen and oxygen atoms in total. The van der Waals surface area contributed by atoms with E-state index >= 15 is 0 Å². The smallest absolute Gasteiger partial charge is 0.261 e. The Balaban J connectivity index is 2.20. The van der Waals surface area contributed by atoms with Crippen LogP contribution in [0.25, 0.3) is 10.9 Å². The topological polar surface area (TPSA) is 64.3 Å². The van der Waals surface area contributed by atoms with Gasteiger partial charge in [-0.1, -0.05) is 12.1 Å². The number of fused-ring (bicyclic) bond motifs is 2. The lowest BCUT2D eigenvalue weighted by atomic mass is 9.88. The van der Waals surface area contributed by atoms with E-state index < -0.39 is 5.41 Å². The van der Waals surface area contributed by atoms with Gasteiger partial charge in [-0.05, 0) is 25.5 Å². The van der Waals surface area contributed by atoms with Crippen LogP contribution >= 0.6 is 0 Å². The van der Waals surface area contributed by atoms with E-state index in [1.165, 1.54) is 0 Å². The van der Waals surface area contributed by atoms with E-state index in [4.69, 9.17) is 4.74 Å². The van der Waals surface area contributed by atoms with Crippen LogP contribution in [-0.2, 0) is 16.7 Å². The zero-order valence-electron chi connectivity index (χ0n) is 11.5. The zero-order valence-corrected chi connectivity index (χ0v) is 11.5. The van der Waals surface area contributed by atoms with Crippen LogP contribution in [0.4, 0.5) is 0 Å². The Morgan fingerprint density at radius 3 is 3.00 bits per heavy atom. The third-order valence-corrected chi connectivity index (χ3v) is 4.04. The molecule has 1 aromatic heterocycles. The highest BCUT2D eigenvalue weighted by Gasteiger charge is 2.41. The van der Waals surface area contributed by atoms with Gasteiger partial charge in [-0.25, -0.2) is 4.98 Å². The summed E-state index contributed by atoms with van der Waals surface area (Å²) in [6.07, 6.45) is 0.683. The maximum Gasteiger partial charge on any atom is 0.261 e. The van der Waals surface area contributed by atoms with Gasteiger partial charge in [-0.2, -0.15) is 0 Å². The quantitative estimate of drug-likeness (QED) is 0.905. The number of hydrogen-bond acceptors (Lipinski definition) is 4. The molecule has 1 aliphatic heterocycles. The van der Waals surface area contributed by atoms with Crippen LogP contribution in [0, 0.1) is 0 Å². The summed E-state index contributed by atoms with van der Waals surface area (Å²) >= 11 is 0. The summed E-state index contributed by atoms with van der Waals surface area (Å²) in [5.41, 5.74) is 0.0940. The predicted octanol–water partition coefficient (Wildman–Crippen LogP) is 1.07. The average Bonchev–Trinajstić information content (AvgIpc) is 2.85. The molecule has 0 spiro atoms. The lowest BCUT2D eigenvalue weighted by Crippen LogP contribution is -2.36. The number of aliphatic hydroxyl groups is 1. The highest BCUT2D eigenvalue weighted by atomic mass is 16.5.